The van der Waals surface area contributed by atoms with Crippen molar-refractivity contribution < 1.29 is 4.74 Å². The van der Waals surface area contributed by atoms with Crippen molar-refractivity contribution in [1.29, 1.82) is 0 Å². The van der Waals surface area contributed by atoms with E-state index in [9.17, 15) is 0 Å². The summed E-state index contributed by atoms with van der Waals surface area (Å²) < 4.78 is 5.74. The van der Waals surface area contributed by atoms with Crippen LogP contribution in [0.25, 0.3) is 11.1 Å². The maximum absolute atomic E-state index is 6.40. The van der Waals surface area contributed by atoms with Crippen LogP contribution in [0.15, 0.2) is 42.5 Å². The van der Waals surface area contributed by atoms with Crippen LogP contribution in [0, 0.1) is 5.92 Å². The van der Waals surface area contributed by atoms with Crippen LogP contribution in [0.1, 0.15) is 63.9 Å². The molecule has 0 unspecified atom stereocenters. The minimum absolute atomic E-state index is 0.694. The fraction of sp³-hybridized carbons (Fsp3) is 0.500. The summed E-state index contributed by atoms with van der Waals surface area (Å²) in [5.41, 5.74) is 3.81. The summed E-state index contributed by atoms with van der Waals surface area (Å²) in [6, 6.07) is 15.1. The van der Waals surface area contributed by atoms with Crippen LogP contribution in [0.2, 0.25) is 5.02 Å². The number of ether oxygens (including phenoxy) is 1. The average molecular weight is 371 g/mol. The summed E-state index contributed by atoms with van der Waals surface area (Å²) in [6.45, 7) is 2.89. The number of hydrogen-bond donors (Lipinski definition) is 0. The van der Waals surface area contributed by atoms with Gasteiger partial charge in [-0.15, -0.1) is 0 Å². The van der Waals surface area contributed by atoms with E-state index in [1.165, 1.54) is 56.1 Å². The Hall–Kier alpha value is -1.47. The first-order chi connectivity index (χ1) is 12.8. The zero-order valence-electron chi connectivity index (χ0n) is 16.0. The lowest BCUT2D eigenvalue weighted by atomic mass is 9.85. The van der Waals surface area contributed by atoms with Crippen molar-refractivity contribution in [3.05, 3.63) is 53.1 Å². The molecule has 2 aromatic carbocycles. The van der Waals surface area contributed by atoms with Gasteiger partial charge in [0.15, 0.2) is 0 Å². The van der Waals surface area contributed by atoms with Crippen molar-refractivity contribution in [3.8, 4) is 16.9 Å². The first-order valence-electron chi connectivity index (χ1n) is 10.3. The topological polar surface area (TPSA) is 9.23 Å². The largest absolute Gasteiger partial charge is 0.492 e. The Morgan fingerprint density at radius 3 is 2.38 bits per heavy atom. The minimum atomic E-state index is 0.694. The summed E-state index contributed by atoms with van der Waals surface area (Å²) in [6.07, 6.45) is 11.9. The fourth-order valence-corrected chi connectivity index (χ4v) is 4.07. The summed E-state index contributed by atoms with van der Waals surface area (Å²) in [5, 5.41) is 0.694. The van der Waals surface area contributed by atoms with Gasteiger partial charge in [-0.2, -0.15) is 0 Å². The van der Waals surface area contributed by atoms with Crippen molar-refractivity contribution in [2.75, 3.05) is 6.61 Å². The molecular formula is C24H31ClO. The Balaban J connectivity index is 1.58. The van der Waals surface area contributed by atoms with Crippen LogP contribution in [0.5, 0.6) is 5.75 Å². The number of benzene rings is 2. The molecule has 1 aliphatic rings. The lowest BCUT2D eigenvalue weighted by molar-refractivity contribution is 0.309. The molecule has 1 nitrogen and oxygen atoms in total. The number of aryl methyl sites for hydroxylation is 1. The first kappa shape index (κ1) is 19.3. The predicted molar refractivity (Wildman–Crippen MR) is 112 cm³/mol. The highest BCUT2D eigenvalue weighted by Gasteiger charge is 2.13. The highest BCUT2D eigenvalue weighted by Crippen LogP contribution is 2.31. The van der Waals surface area contributed by atoms with E-state index in [0.717, 1.165) is 36.7 Å². The minimum Gasteiger partial charge on any atom is -0.492 e. The average Bonchev–Trinajstić information content (AvgIpc) is 2.69. The van der Waals surface area contributed by atoms with Gasteiger partial charge in [-0.3, -0.25) is 0 Å². The Labute approximate surface area is 163 Å². The van der Waals surface area contributed by atoms with E-state index >= 15 is 0 Å². The Morgan fingerprint density at radius 1 is 0.962 bits per heavy atom. The van der Waals surface area contributed by atoms with Crippen LogP contribution < -0.4 is 4.74 Å². The van der Waals surface area contributed by atoms with Crippen LogP contribution in [0.4, 0.5) is 0 Å². The molecule has 0 atom stereocenters. The second kappa shape index (κ2) is 10.0. The van der Waals surface area contributed by atoms with Gasteiger partial charge in [-0.05, 0) is 54.0 Å². The third-order valence-electron chi connectivity index (χ3n) is 5.54. The molecule has 0 spiro atoms. The van der Waals surface area contributed by atoms with E-state index in [4.69, 9.17) is 16.3 Å². The molecule has 0 heterocycles. The van der Waals surface area contributed by atoms with Crippen LogP contribution in [-0.2, 0) is 6.42 Å². The standard InChI is InChI=1S/C24H31ClO/c1-2-3-17-26-24-16-15-22(18-23(24)25)21-13-11-20(12-14-21)10-9-19-7-5-4-6-8-19/h11-16,18-19H,2-10,17H2,1H3. The van der Waals surface area contributed by atoms with Gasteiger partial charge in [0.05, 0.1) is 11.6 Å². The maximum atomic E-state index is 6.40. The van der Waals surface area contributed by atoms with Crippen molar-refractivity contribution in [2.24, 2.45) is 5.92 Å². The molecule has 3 rings (SSSR count). The van der Waals surface area contributed by atoms with E-state index in [1.54, 1.807) is 0 Å². The van der Waals surface area contributed by atoms with Crippen molar-refractivity contribution >= 4 is 11.6 Å². The van der Waals surface area contributed by atoms with E-state index in [0.29, 0.717) is 5.02 Å². The fourth-order valence-electron chi connectivity index (χ4n) is 3.83. The third kappa shape index (κ3) is 5.51. The van der Waals surface area contributed by atoms with Gasteiger partial charge in [0.25, 0.3) is 0 Å². The molecular weight excluding hydrogens is 340 g/mol. The highest BCUT2D eigenvalue weighted by molar-refractivity contribution is 6.32. The maximum Gasteiger partial charge on any atom is 0.137 e. The van der Waals surface area contributed by atoms with E-state index in [-0.39, 0.29) is 0 Å². The number of halogens is 1. The van der Waals surface area contributed by atoms with Crippen LogP contribution in [-0.4, -0.2) is 6.61 Å². The summed E-state index contributed by atoms with van der Waals surface area (Å²) in [7, 11) is 0. The molecule has 1 saturated carbocycles. The summed E-state index contributed by atoms with van der Waals surface area (Å²) >= 11 is 6.40. The lowest BCUT2D eigenvalue weighted by Crippen LogP contribution is -2.07. The van der Waals surface area contributed by atoms with Gasteiger partial charge in [0, 0.05) is 0 Å². The predicted octanol–water partition coefficient (Wildman–Crippen LogP) is 7.70. The number of rotatable bonds is 8. The van der Waals surface area contributed by atoms with Gasteiger partial charge in [-0.25, -0.2) is 0 Å². The molecule has 0 amide bonds. The first-order valence-corrected chi connectivity index (χ1v) is 10.7. The van der Waals surface area contributed by atoms with Crippen LogP contribution >= 0.6 is 11.6 Å². The number of hydrogen-bond acceptors (Lipinski definition) is 1. The van der Waals surface area contributed by atoms with Crippen LogP contribution in [0.3, 0.4) is 0 Å². The van der Waals surface area contributed by atoms with Crippen molar-refractivity contribution in [1.82, 2.24) is 0 Å². The van der Waals surface area contributed by atoms with E-state index in [1.807, 2.05) is 12.1 Å². The Bertz CT molecular complexity index is 671. The Morgan fingerprint density at radius 2 is 1.69 bits per heavy atom. The van der Waals surface area contributed by atoms with Crippen molar-refractivity contribution in [3.63, 3.8) is 0 Å². The highest BCUT2D eigenvalue weighted by atomic mass is 35.5. The molecule has 0 bridgehead atoms. The molecule has 0 aromatic heterocycles. The third-order valence-corrected chi connectivity index (χ3v) is 5.84. The zero-order valence-corrected chi connectivity index (χ0v) is 16.7. The monoisotopic (exact) mass is 370 g/mol. The zero-order chi connectivity index (χ0) is 18.2. The molecule has 2 aromatic rings. The lowest BCUT2D eigenvalue weighted by Gasteiger charge is -2.21. The molecule has 140 valence electrons. The SMILES string of the molecule is CCCCOc1ccc(-c2ccc(CCC3CCCCC3)cc2)cc1Cl. The van der Waals surface area contributed by atoms with Gasteiger partial charge in [0.2, 0.25) is 0 Å². The molecule has 0 aliphatic heterocycles. The smallest absolute Gasteiger partial charge is 0.137 e. The Kier molecular flexibility index (Phi) is 7.43. The molecule has 1 aliphatic carbocycles. The van der Waals surface area contributed by atoms with E-state index in [2.05, 4.69) is 37.3 Å². The number of unbranched alkanes of at least 4 members (excludes halogenated alkanes) is 1. The summed E-state index contributed by atoms with van der Waals surface area (Å²) in [4.78, 5) is 0. The normalized spacial score (nSPS) is 15.2. The van der Waals surface area contributed by atoms with Gasteiger partial charge >= 0.3 is 0 Å². The van der Waals surface area contributed by atoms with Gasteiger partial charge in [-0.1, -0.05) is 87.4 Å². The second-order valence-electron chi connectivity index (χ2n) is 7.59. The molecule has 0 saturated heterocycles. The molecule has 2 heteroatoms. The second-order valence-corrected chi connectivity index (χ2v) is 7.99. The van der Waals surface area contributed by atoms with Gasteiger partial charge < -0.3 is 4.74 Å². The van der Waals surface area contributed by atoms with Crippen molar-refractivity contribution in [2.45, 2.75) is 64.7 Å². The molecule has 0 N–H and O–H groups in total. The molecule has 0 radical (unpaired) electrons. The molecule has 1 fully saturated rings. The molecule has 26 heavy (non-hydrogen) atoms. The quantitative estimate of drug-likeness (QED) is 0.432. The summed E-state index contributed by atoms with van der Waals surface area (Å²) in [5.74, 6) is 1.73. The van der Waals surface area contributed by atoms with Gasteiger partial charge in [0.1, 0.15) is 5.75 Å². The van der Waals surface area contributed by atoms with E-state index < -0.39 is 0 Å².